The summed E-state index contributed by atoms with van der Waals surface area (Å²) >= 11 is 0. The molecule has 1 atom stereocenters. The van der Waals surface area contributed by atoms with E-state index in [1.807, 2.05) is 11.5 Å². The van der Waals surface area contributed by atoms with Crippen molar-refractivity contribution in [2.75, 3.05) is 32.0 Å². The van der Waals surface area contributed by atoms with Gasteiger partial charge in [0.25, 0.3) is 0 Å². The van der Waals surface area contributed by atoms with Crippen molar-refractivity contribution in [2.45, 2.75) is 39.7 Å². The van der Waals surface area contributed by atoms with Gasteiger partial charge in [-0.3, -0.25) is 0 Å². The Balaban J connectivity index is 2.16. The van der Waals surface area contributed by atoms with E-state index in [9.17, 15) is 4.79 Å². The first-order chi connectivity index (χ1) is 9.54. The molecular weight excluding hydrogens is 256 g/mol. The summed E-state index contributed by atoms with van der Waals surface area (Å²) in [7, 11) is 0. The Morgan fingerprint density at radius 3 is 2.70 bits per heavy atom. The molecule has 1 fully saturated rings. The number of nitrogens with two attached hydrogens (primary N) is 1. The summed E-state index contributed by atoms with van der Waals surface area (Å²) in [5.41, 5.74) is 6.33. The second-order valence-corrected chi connectivity index (χ2v) is 5.34. The molecule has 1 aliphatic heterocycles. The Morgan fingerprint density at radius 1 is 1.45 bits per heavy atom. The highest BCUT2D eigenvalue weighted by Gasteiger charge is 2.24. The summed E-state index contributed by atoms with van der Waals surface area (Å²) in [5.74, 6) is 0.727. The molecular formula is C14H24N4O2. The zero-order chi connectivity index (χ0) is 14.7. The number of carbonyl (C=O) groups is 1. The molecule has 112 valence electrons. The smallest absolute Gasteiger partial charge is 0.360 e. The zero-order valence-electron chi connectivity index (χ0n) is 12.6. The first kappa shape index (κ1) is 14.8. The number of hydrogen-bond donors (Lipinski definition) is 1. The molecule has 1 aromatic heterocycles. The van der Waals surface area contributed by atoms with E-state index in [0.29, 0.717) is 12.4 Å². The number of rotatable bonds is 5. The van der Waals surface area contributed by atoms with Gasteiger partial charge in [0.1, 0.15) is 11.6 Å². The molecule has 1 aromatic rings. The van der Waals surface area contributed by atoms with E-state index in [-0.39, 0.29) is 11.7 Å². The molecule has 6 nitrogen and oxygen atoms in total. The quantitative estimate of drug-likeness (QED) is 0.829. The van der Waals surface area contributed by atoms with Crippen LogP contribution < -0.4 is 5.73 Å². The Hall–Kier alpha value is -1.56. The third-order valence-corrected chi connectivity index (χ3v) is 3.76. The lowest BCUT2D eigenvalue weighted by atomic mass is 10.3. The van der Waals surface area contributed by atoms with Gasteiger partial charge in [0, 0.05) is 12.6 Å². The number of carbonyl (C=O) groups excluding carboxylic acids is 1. The maximum atomic E-state index is 11.8. The Bertz CT molecular complexity index is 478. The van der Waals surface area contributed by atoms with E-state index in [4.69, 9.17) is 10.5 Å². The predicted octanol–water partition coefficient (Wildman–Crippen LogP) is 1.61. The molecule has 2 rings (SSSR count). The number of anilines is 1. The molecule has 0 aliphatic carbocycles. The fourth-order valence-corrected chi connectivity index (χ4v) is 2.89. The van der Waals surface area contributed by atoms with Gasteiger partial charge in [0.15, 0.2) is 5.69 Å². The summed E-state index contributed by atoms with van der Waals surface area (Å²) in [6, 6.07) is 0.198. The van der Waals surface area contributed by atoms with Crippen molar-refractivity contribution in [1.29, 1.82) is 0 Å². The van der Waals surface area contributed by atoms with Crippen LogP contribution in [0.5, 0.6) is 0 Å². The largest absolute Gasteiger partial charge is 0.461 e. The molecule has 0 bridgehead atoms. The zero-order valence-corrected chi connectivity index (χ0v) is 12.6. The van der Waals surface area contributed by atoms with Crippen molar-refractivity contribution < 1.29 is 9.53 Å². The third-order valence-electron chi connectivity index (χ3n) is 3.76. The standard InChI is InChI=1S/C14H24N4O2/c1-4-20-14(19)12-13(15)18(11(3)16-12)10(2)9-17-7-5-6-8-17/h10H,4-9,15H2,1-3H3. The number of aryl methyl sites for hydroxylation is 1. The summed E-state index contributed by atoms with van der Waals surface area (Å²) < 4.78 is 6.92. The van der Waals surface area contributed by atoms with Crippen LogP contribution in [-0.4, -0.2) is 46.7 Å². The number of likely N-dealkylation sites (tertiary alicyclic amines) is 1. The number of esters is 1. The van der Waals surface area contributed by atoms with Crippen LogP contribution in [0, 0.1) is 6.92 Å². The highest BCUT2D eigenvalue weighted by Crippen LogP contribution is 2.22. The lowest BCUT2D eigenvalue weighted by molar-refractivity contribution is 0.0521. The van der Waals surface area contributed by atoms with Crippen LogP contribution in [0.3, 0.4) is 0 Å². The van der Waals surface area contributed by atoms with Crippen LogP contribution >= 0.6 is 0 Å². The van der Waals surface area contributed by atoms with Crippen molar-refractivity contribution in [1.82, 2.24) is 14.5 Å². The highest BCUT2D eigenvalue weighted by molar-refractivity contribution is 5.92. The second kappa shape index (κ2) is 6.26. The molecule has 20 heavy (non-hydrogen) atoms. The van der Waals surface area contributed by atoms with E-state index in [0.717, 1.165) is 25.5 Å². The summed E-state index contributed by atoms with van der Waals surface area (Å²) in [6.45, 7) is 9.30. The van der Waals surface area contributed by atoms with Gasteiger partial charge in [-0.15, -0.1) is 0 Å². The lowest BCUT2D eigenvalue weighted by Gasteiger charge is -2.23. The summed E-state index contributed by atoms with van der Waals surface area (Å²) in [5, 5.41) is 0. The average molecular weight is 280 g/mol. The van der Waals surface area contributed by atoms with Gasteiger partial charge in [-0.1, -0.05) is 0 Å². The fourth-order valence-electron chi connectivity index (χ4n) is 2.89. The molecule has 0 aromatic carbocycles. The van der Waals surface area contributed by atoms with Gasteiger partial charge in [0.2, 0.25) is 0 Å². The van der Waals surface area contributed by atoms with E-state index >= 15 is 0 Å². The van der Waals surface area contributed by atoms with E-state index in [1.54, 1.807) is 6.92 Å². The SMILES string of the molecule is CCOC(=O)c1nc(C)n(C(C)CN2CCCC2)c1N. The van der Waals surface area contributed by atoms with Gasteiger partial charge in [-0.05, 0) is 46.7 Å². The van der Waals surface area contributed by atoms with Crippen LogP contribution in [0.1, 0.15) is 49.0 Å². The van der Waals surface area contributed by atoms with Crippen LogP contribution in [-0.2, 0) is 4.74 Å². The van der Waals surface area contributed by atoms with Gasteiger partial charge in [-0.2, -0.15) is 0 Å². The van der Waals surface area contributed by atoms with Crippen molar-refractivity contribution in [3.8, 4) is 0 Å². The maximum absolute atomic E-state index is 11.8. The molecule has 0 saturated carbocycles. The minimum Gasteiger partial charge on any atom is -0.461 e. The van der Waals surface area contributed by atoms with Gasteiger partial charge < -0.3 is 19.9 Å². The second-order valence-electron chi connectivity index (χ2n) is 5.34. The maximum Gasteiger partial charge on any atom is 0.360 e. The minimum atomic E-state index is -0.444. The topological polar surface area (TPSA) is 73.4 Å². The predicted molar refractivity (Wildman–Crippen MR) is 77.7 cm³/mol. The van der Waals surface area contributed by atoms with Crippen molar-refractivity contribution >= 4 is 11.8 Å². The van der Waals surface area contributed by atoms with Crippen molar-refractivity contribution in [3.63, 3.8) is 0 Å². The number of ether oxygens (including phenoxy) is 1. The van der Waals surface area contributed by atoms with Crippen LogP contribution in [0.4, 0.5) is 5.82 Å². The first-order valence-corrected chi connectivity index (χ1v) is 7.28. The molecule has 2 N–H and O–H groups in total. The molecule has 1 saturated heterocycles. The van der Waals surface area contributed by atoms with E-state index in [1.165, 1.54) is 12.8 Å². The van der Waals surface area contributed by atoms with Crippen LogP contribution in [0.2, 0.25) is 0 Å². The lowest BCUT2D eigenvalue weighted by Crippen LogP contribution is -2.28. The van der Waals surface area contributed by atoms with Gasteiger partial charge >= 0.3 is 5.97 Å². The molecule has 0 spiro atoms. The van der Waals surface area contributed by atoms with Crippen LogP contribution in [0.25, 0.3) is 0 Å². The van der Waals surface area contributed by atoms with E-state index in [2.05, 4.69) is 16.8 Å². The third kappa shape index (κ3) is 2.95. The molecule has 2 heterocycles. The number of nitrogen functional groups attached to an aromatic ring is 1. The van der Waals surface area contributed by atoms with Crippen molar-refractivity contribution in [3.05, 3.63) is 11.5 Å². The Labute approximate surface area is 119 Å². The minimum absolute atomic E-state index is 0.198. The number of hydrogen-bond acceptors (Lipinski definition) is 5. The summed E-state index contributed by atoms with van der Waals surface area (Å²) in [6.07, 6.45) is 2.53. The fraction of sp³-hybridized carbons (Fsp3) is 0.714. The van der Waals surface area contributed by atoms with Crippen molar-refractivity contribution in [2.24, 2.45) is 0 Å². The number of aromatic nitrogens is 2. The highest BCUT2D eigenvalue weighted by atomic mass is 16.5. The molecule has 1 aliphatic rings. The Kier molecular flexibility index (Phi) is 4.65. The first-order valence-electron chi connectivity index (χ1n) is 7.28. The molecule has 0 amide bonds. The molecule has 0 radical (unpaired) electrons. The number of imidazole rings is 1. The average Bonchev–Trinajstić information content (AvgIpc) is 2.98. The monoisotopic (exact) mass is 280 g/mol. The number of nitrogens with zero attached hydrogens (tertiary/aromatic N) is 3. The molecule has 6 heteroatoms. The van der Waals surface area contributed by atoms with E-state index < -0.39 is 5.97 Å². The van der Waals surface area contributed by atoms with Crippen LogP contribution in [0.15, 0.2) is 0 Å². The molecule has 1 unspecified atom stereocenters. The van der Waals surface area contributed by atoms with Gasteiger partial charge in [-0.25, -0.2) is 9.78 Å². The summed E-state index contributed by atoms with van der Waals surface area (Å²) in [4.78, 5) is 18.5. The normalized spacial score (nSPS) is 17.4. The Morgan fingerprint density at radius 2 is 2.10 bits per heavy atom. The van der Waals surface area contributed by atoms with Gasteiger partial charge in [0.05, 0.1) is 6.61 Å².